The number of hydrogen-bond donors (Lipinski definition) is 1. The Kier molecular flexibility index (Phi) is 5.02. The van der Waals surface area contributed by atoms with Crippen LogP contribution < -0.4 is 14.8 Å². The molecule has 1 saturated carbocycles. The number of aromatic nitrogens is 1. The van der Waals surface area contributed by atoms with Gasteiger partial charge < -0.3 is 9.47 Å². The lowest BCUT2D eigenvalue weighted by Gasteiger charge is -2.25. The van der Waals surface area contributed by atoms with E-state index < -0.39 is 10.0 Å². The van der Waals surface area contributed by atoms with Crippen LogP contribution in [0.3, 0.4) is 0 Å². The lowest BCUT2D eigenvalue weighted by atomic mass is 10.1. The molecular weight excluding hydrogens is 402 g/mol. The minimum Gasteiger partial charge on any atom is -0.493 e. The number of ether oxygens (including phenoxy) is 2. The fourth-order valence-corrected chi connectivity index (χ4v) is 6.16. The summed E-state index contributed by atoms with van der Waals surface area (Å²) >= 11 is 1.31. The van der Waals surface area contributed by atoms with E-state index in [0.717, 1.165) is 23.4 Å². The van der Waals surface area contributed by atoms with Crippen molar-refractivity contribution >= 4 is 32.4 Å². The second-order valence-electron chi connectivity index (χ2n) is 6.71. The first kappa shape index (κ1) is 19.2. The Labute approximate surface area is 167 Å². The number of rotatable bonds is 6. The summed E-state index contributed by atoms with van der Waals surface area (Å²) in [6.45, 7) is 0.761. The number of fused-ring (bicyclic) bond motifs is 1. The van der Waals surface area contributed by atoms with Crippen molar-refractivity contribution in [3.8, 4) is 11.5 Å². The molecular formula is C18H21N3O5S2. The van der Waals surface area contributed by atoms with Gasteiger partial charge >= 0.3 is 0 Å². The van der Waals surface area contributed by atoms with Crippen molar-refractivity contribution in [2.24, 2.45) is 0 Å². The van der Waals surface area contributed by atoms with Gasteiger partial charge in [0.1, 0.15) is 0 Å². The Balaban J connectivity index is 1.52. The SMILES string of the molecule is COc1cccc(C(=O)Nc2nc3c(s2)CN(S(=O)(=O)C2CC2)CC3)c1OC. The first-order valence-corrected chi connectivity index (χ1v) is 11.3. The lowest BCUT2D eigenvalue weighted by molar-refractivity contribution is 0.102. The molecule has 4 rings (SSSR count). The van der Waals surface area contributed by atoms with Crippen molar-refractivity contribution < 1.29 is 22.7 Å². The number of para-hydroxylation sites is 1. The molecule has 1 aromatic carbocycles. The number of hydrogen-bond acceptors (Lipinski definition) is 7. The van der Waals surface area contributed by atoms with Gasteiger partial charge in [0.25, 0.3) is 5.91 Å². The average Bonchev–Trinajstić information content (AvgIpc) is 3.48. The number of sulfonamides is 1. The Hall–Kier alpha value is -2.17. The molecule has 0 saturated heterocycles. The third kappa shape index (κ3) is 3.47. The summed E-state index contributed by atoms with van der Waals surface area (Å²) in [5.74, 6) is 0.462. The molecule has 0 bridgehead atoms. The summed E-state index contributed by atoms with van der Waals surface area (Å²) < 4.78 is 37.0. The highest BCUT2D eigenvalue weighted by atomic mass is 32.2. The van der Waals surface area contributed by atoms with Crippen LogP contribution in [-0.4, -0.2) is 49.6 Å². The molecule has 10 heteroatoms. The second-order valence-corrected chi connectivity index (χ2v) is 10.0. The molecule has 1 aliphatic carbocycles. The van der Waals surface area contributed by atoms with Gasteiger partial charge in [-0.05, 0) is 25.0 Å². The number of anilines is 1. The van der Waals surface area contributed by atoms with Crippen LogP contribution in [-0.2, 0) is 23.0 Å². The maximum atomic E-state index is 12.7. The molecule has 0 radical (unpaired) electrons. The topological polar surface area (TPSA) is 97.8 Å². The maximum Gasteiger partial charge on any atom is 0.261 e. The summed E-state index contributed by atoms with van der Waals surface area (Å²) in [4.78, 5) is 18.1. The van der Waals surface area contributed by atoms with E-state index in [0.29, 0.717) is 41.7 Å². The predicted molar refractivity (Wildman–Crippen MR) is 106 cm³/mol. The smallest absolute Gasteiger partial charge is 0.261 e. The van der Waals surface area contributed by atoms with Crippen LogP contribution in [0.1, 0.15) is 33.8 Å². The molecule has 1 amide bonds. The molecule has 1 aliphatic heterocycles. The number of carbonyl (C=O) groups excluding carboxylic acids is 1. The zero-order valence-corrected chi connectivity index (χ0v) is 17.2. The van der Waals surface area contributed by atoms with E-state index in [1.165, 1.54) is 25.6 Å². The summed E-state index contributed by atoms with van der Waals surface area (Å²) in [5.41, 5.74) is 1.19. The largest absolute Gasteiger partial charge is 0.493 e. The maximum absolute atomic E-state index is 12.7. The zero-order valence-electron chi connectivity index (χ0n) is 15.6. The third-order valence-electron chi connectivity index (χ3n) is 4.87. The fourth-order valence-electron chi connectivity index (χ4n) is 3.25. The van der Waals surface area contributed by atoms with Gasteiger partial charge in [0, 0.05) is 24.4 Å². The molecule has 2 aliphatic rings. The first-order valence-electron chi connectivity index (χ1n) is 8.94. The van der Waals surface area contributed by atoms with Crippen molar-refractivity contribution in [3.63, 3.8) is 0 Å². The van der Waals surface area contributed by atoms with Gasteiger partial charge in [0.05, 0.1) is 30.7 Å². The summed E-state index contributed by atoms with van der Waals surface area (Å²) in [6.07, 6.45) is 2.05. The minimum absolute atomic E-state index is 0.221. The van der Waals surface area contributed by atoms with Crippen LogP contribution in [0.5, 0.6) is 11.5 Å². The molecule has 150 valence electrons. The van der Waals surface area contributed by atoms with Gasteiger partial charge in [-0.15, -0.1) is 11.3 Å². The number of nitrogens with zero attached hydrogens (tertiary/aromatic N) is 2. The van der Waals surface area contributed by atoms with Crippen LogP contribution in [0.25, 0.3) is 0 Å². The number of carbonyl (C=O) groups is 1. The van der Waals surface area contributed by atoms with Gasteiger partial charge in [0.2, 0.25) is 10.0 Å². The quantitative estimate of drug-likeness (QED) is 0.765. The Bertz CT molecular complexity index is 1010. The van der Waals surface area contributed by atoms with Gasteiger partial charge in [-0.2, -0.15) is 4.31 Å². The molecule has 1 N–H and O–H groups in total. The van der Waals surface area contributed by atoms with Crippen LogP contribution >= 0.6 is 11.3 Å². The number of nitrogens with one attached hydrogen (secondary N) is 1. The molecule has 2 heterocycles. The highest BCUT2D eigenvalue weighted by molar-refractivity contribution is 7.90. The van der Waals surface area contributed by atoms with Crippen molar-refractivity contribution in [1.82, 2.24) is 9.29 Å². The van der Waals surface area contributed by atoms with E-state index in [1.54, 1.807) is 22.5 Å². The predicted octanol–water partition coefficient (Wildman–Crippen LogP) is 2.26. The van der Waals surface area contributed by atoms with E-state index in [1.807, 2.05) is 0 Å². The van der Waals surface area contributed by atoms with Crippen LogP contribution in [0.4, 0.5) is 5.13 Å². The third-order valence-corrected chi connectivity index (χ3v) is 8.21. The van der Waals surface area contributed by atoms with Gasteiger partial charge in [-0.3, -0.25) is 10.1 Å². The molecule has 1 aromatic heterocycles. The molecule has 28 heavy (non-hydrogen) atoms. The van der Waals surface area contributed by atoms with Gasteiger partial charge in [0.15, 0.2) is 16.6 Å². The molecule has 8 nitrogen and oxygen atoms in total. The Morgan fingerprint density at radius 2 is 2.07 bits per heavy atom. The molecule has 0 unspecified atom stereocenters. The number of thiazole rings is 1. The lowest BCUT2D eigenvalue weighted by Crippen LogP contribution is -2.37. The minimum atomic E-state index is -3.21. The number of benzene rings is 1. The molecule has 1 fully saturated rings. The fraction of sp³-hybridized carbons (Fsp3) is 0.444. The number of methoxy groups -OCH3 is 2. The Morgan fingerprint density at radius 3 is 2.75 bits per heavy atom. The normalized spacial score (nSPS) is 17.1. The van der Waals surface area contributed by atoms with Gasteiger partial charge in [-0.25, -0.2) is 13.4 Å². The summed E-state index contributed by atoms with van der Waals surface area (Å²) in [7, 11) is -0.223. The monoisotopic (exact) mass is 423 g/mol. The average molecular weight is 424 g/mol. The number of amides is 1. The van der Waals surface area contributed by atoms with E-state index in [4.69, 9.17) is 9.47 Å². The molecule has 2 aromatic rings. The molecule has 0 spiro atoms. The highest BCUT2D eigenvalue weighted by Gasteiger charge is 2.41. The second kappa shape index (κ2) is 7.34. The van der Waals surface area contributed by atoms with Crippen molar-refractivity contribution in [3.05, 3.63) is 34.3 Å². The zero-order chi connectivity index (χ0) is 19.9. The van der Waals surface area contributed by atoms with E-state index in [2.05, 4.69) is 10.3 Å². The van der Waals surface area contributed by atoms with Gasteiger partial charge in [-0.1, -0.05) is 6.07 Å². The van der Waals surface area contributed by atoms with Crippen molar-refractivity contribution in [2.75, 3.05) is 26.1 Å². The van der Waals surface area contributed by atoms with E-state index >= 15 is 0 Å². The summed E-state index contributed by atoms with van der Waals surface area (Å²) in [6, 6.07) is 5.07. The van der Waals surface area contributed by atoms with Crippen LogP contribution in [0.15, 0.2) is 18.2 Å². The van der Waals surface area contributed by atoms with Crippen molar-refractivity contribution in [1.29, 1.82) is 0 Å². The van der Waals surface area contributed by atoms with Crippen LogP contribution in [0, 0.1) is 0 Å². The van der Waals surface area contributed by atoms with E-state index in [9.17, 15) is 13.2 Å². The molecule has 0 atom stereocenters. The van der Waals surface area contributed by atoms with E-state index in [-0.39, 0.29) is 11.2 Å². The first-order chi connectivity index (χ1) is 13.4. The van der Waals surface area contributed by atoms with Crippen LogP contribution in [0.2, 0.25) is 0 Å². The Morgan fingerprint density at radius 1 is 1.29 bits per heavy atom. The standard InChI is InChI=1S/C18H21N3O5S2/c1-25-14-5-3-4-12(16(14)26-2)17(22)20-18-19-13-8-9-21(10-15(13)27-18)28(23,24)11-6-7-11/h3-5,11H,6-10H2,1-2H3,(H,19,20,22). The van der Waals surface area contributed by atoms with Crippen molar-refractivity contribution in [2.45, 2.75) is 31.1 Å². The highest BCUT2D eigenvalue weighted by Crippen LogP contribution is 2.36. The summed E-state index contributed by atoms with van der Waals surface area (Å²) in [5, 5.41) is 3.02.